The van der Waals surface area contributed by atoms with Crippen molar-refractivity contribution in [2.24, 2.45) is 11.7 Å². The van der Waals surface area contributed by atoms with E-state index < -0.39 is 5.54 Å². The number of carbonyl (C=O) groups excluding carboxylic acids is 1. The highest BCUT2D eigenvalue weighted by Gasteiger charge is 2.44. The molecule has 0 heterocycles. The van der Waals surface area contributed by atoms with Crippen LogP contribution in [0, 0.1) is 5.92 Å². The Morgan fingerprint density at radius 2 is 2.05 bits per heavy atom. The number of amides is 1. The topological polar surface area (TPSA) is 55.1 Å². The molecule has 0 spiro atoms. The number of rotatable bonds is 3. The Morgan fingerprint density at radius 3 is 2.79 bits per heavy atom. The number of benzene rings is 1. The third kappa shape index (κ3) is 2.39. The van der Waals surface area contributed by atoms with Crippen LogP contribution in [0.25, 0.3) is 0 Å². The molecule has 3 nitrogen and oxygen atoms in total. The van der Waals surface area contributed by atoms with Gasteiger partial charge in [-0.1, -0.05) is 24.3 Å². The van der Waals surface area contributed by atoms with E-state index in [1.165, 1.54) is 11.1 Å². The van der Waals surface area contributed by atoms with Crippen LogP contribution < -0.4 is 11.1 Å². The van der Waals surface area contributed by atoms with Crippen LogP contribution in [0.4, 0.5) is 0 Å². The van der Waals surface area contributed by atoms with Gasteiger partial charge >= 0.3 is 0 Å². The Labute approximate surface area is 114 Å². The van der Waals surface area contributed by atoms with Crippen molar-refractivity contribution in [3.05, 3.63) is 35.4 Å². The lowest BCUT2D eigenvalue weighted by Gasteiger charge is -2.30. The van der Waals surface area contributed by atoms with Gasteiger partial charge in [-0.05, 0) is 56.1 Å². The molecule has 3 heteroatoms. The maximum Gasteiger partial charge on any atom is 0.240 e. The monoisotopic (exact) mass is 258 g/mol. The van der Waals surface area contributed by atoms with Crippen molar-refractivity contribution in [3.8, 4) is 0 Å². The molecule has 102 valence electrons. The lowest BCUT2D eigenvalue weighted by atomic mass is 9.86. The molecular weight excluding hydrogens is 236 g/mol. The van der Waals surface area contributed by atoms with E-state index in [1.54, 1.807) is 0 Å². The van der Waals surface area contributed by atoms with E-state index in [1.807, 2.05) is 13.0 Å². The fraction of sp³-hybridized carbons (Fsp3) is 0.562. The SMILES string of the molecule is CC(N)(C(=O)NC1CCCc2ccccc21)C1CC1. The fourth-order valence-electron chi connectivity index (χ4n) is 3.09. The Hall–Kier alpha value is -1.35. The Kier molecular flexibility index (Phi) is 3.09. The lowest BCUT2D eigenvalue weighted by molar-refractivity contribution is -0.127. The first-order valence-electron chi connectivity index (χ1n) is 7.26. The van der Waals surface area contributed by atoms with Gasteiger partial charge in [-0.15, -0.1) is 0 Å². The first-order chi connectivity index (χ1) is 9.09. The van der Waals surface area contributed by atoms with E-state index in [0.29, 0.717) is 5.92 Å². The van der Waals surface area contributed by atoms with Gasteiger partial charge in [0.2, 0.25) is 5.91 Å². The van der Waals surface area contributed by atoms with E-state index in [9.17, 15) is 4.79 Å². The van der Waals surface area contributed by atoms with Crippen molar-refractivity contribution < 1.29 is 4.79 Å². The summed E-state index contributed by atoms with van der Waals surface area (Å²) in [4.78, 5) is 12.4. The highest BCUT2D eigenvalue weighted by molar-refractivity contribution is 5.86. The van der Waals surface area contributed by atoms with Crippen LogP contribution in [0.3, 0.4) is 0 Å². The summed E-state index contributed by atoms with van der Waals surface area (Å²) >= 11 is 0. The molecule has 1 amide bonds. The summed E-state index contributed by atoms with van der Waals surface area (Å²) in [5.41, 5.74) is 8.13. The fourth-order valence-corrected chi connectivity index (χ4v) is 3.09. The van der Waals surface area contributed by atoms with Crippen molar-refractivity contribution in [1.82, 2.24) is 5.32 Å². The van der Waals surface area contributed by atoms with Gasteiger partial charge in [-0.3, -0.25) is 4.79 Å². The lowest BCUT2D eigenvalue weighted by Crippen LogP contribution is -2.54. The van der Waals surface area contributed by atoms with E-state index in [4.69, 9.17) is 5.73 Å². The van der Waals surface area contributed by atoms with Crippen molar-refractivity contribution >= 4 is 5.91 Å². The van der Waals surface area contributed by atoms with E-state index in [-0.39, 0.29) is 11.9 Å². The van der Waals surface area contributed by atoms with Crippen LogP contribution in [0.2, 0.25) is 0 Å². The number of nitrogens with one attached hydrogen (secondary N) is 1. The van der Waals surface area contributed by atoms with Gasteiger partial charge in [0.25, 0.3) is 0 Å². The van der Waals surface area contributed by atoms with Gasteiger partial charge in [0.15, 0.2) is 0 Å². The average Bonchev–Trinajstić information content (AvgIpc) is 3.23. The largest absolute Gasteiger partial charge is 0.348 e. The third-order valence-corrected chi connectivity index (χ3v) is 4.59. The van der Waals surface area contributed by atoms with Crippen LogP contribution in [-0.2, 0) is 11.2 Å². The zero-order chi connectivity index (χ0) is 13.5. The molecule has 2 aliphatic rings. The molecule has 19 heavy (non-hydrogen) atoms. The smallest absolute Gasteiger partial charge is 0.240 e. The first kappa shape index (κ1) is 12.7. The van der Waals surface area contributed by atoms with Gasteiger partial charge in [0, 0.05) is 0 Å². The van der Waals surface area contributed by atoms with E-state index in [0.717, 1.165) is 32.1 Å². The number of hydrogen-bond acceptors (Lipinski definition) is 2. The molecule has 2 unspecified atom stereocenters. The minimum Gasteiger partial charge on any atom is -0.348 e. The number of hydrogen-bond donors (Lipinski definition) is 2. The van der Waals surface area contributed by atoms with Gasteiger partial charge < -0.3 is 11.1 Å². The predicted octanol–water partition coefficient (Wildman–Crippen LogP) is 2.31. The Bertz CT molecular complexity index is 491. The van der Waals surface area contributed by atoms with Crippen LogP contribution in [0.1, 0.15) is 49.8 Å². The molecular formula is C16H22N2O. The van der Waals surface area contributed by atoms with E-state index >= 15 is 0 Å². The minimum absolute atomic E-state index is 0.0108. The molecule has 2 atom stereocenters. The summed E-state index contributed by atoms with van der Waals surface area (Å²) < 4.78 is 0. The molecule has 0 saturated heterocycles. The molecule has 0 aliphatic heterocycles. The number of carbonyl (C=O) groups is 1. The molecule has 1 aromatic rings. The number of fused-ring (bicyclic) bond motifs is 1. The van der Waals surface area contributed by atoms with Crippen LogP contribution >= 0.6 is 0 Å². The highest BCUT2D eigenvalue weighted by Crippen LogP contribution is 2.39. The van der Waals surface area contributed by atoms with Gasteiger partial charge in [-0.25, -0.2) is 0 Å². The second kappa shape index (κ2) is 4.64. The van der Waals surface area contributed by atoms with Crippen molar-refractivity contribution in [1.29, 1.82) is 0 Å². The molecule has 1 saturated carbocycles. The highest BCUT2D eigenvalue weighted by atomic mass is 16.2. The molecule has 1 aromatic carbocycles. The summed E-state index contributed by atoms with van der Waals surface area (Å²) in [5, 5.41) is 3.17. The molecule has 3 rings (SSSR count). The van der Waals surface area contributed by atoms with Crippen molar-refractivity contribution in [3.63, 3.8) is 0 Å². The van der Waals surface area contributed by atoms with Crippen LogP contribution in [0.15, 0.2) is 24.3 Å². The molecule has 0 aromatic heterocycles. The second-order valence-electron chi connectivity index (χ2n) is 6.17. The van der Waals surface area contributed by atoms with Gasteiger partial charge in [-0.2, -0.15) is 0 Å². The molecule has 3 N–H and O–H groups in total. The Morgan fingerprint density at radius 1 is 1.32 bits per heavy atom. The van der Waals surface area contributed by atoms with Gasteiger partial charge in [0.05, 0.1) is 11.6 Å². The maximum atomic E-state index is 12.4. The molecule has 2 aliphatic carbocycles. The van der Waals surface area contributed by atoms with Crippen LogP contribution in [0.5, 0.6) is 0 Å². The standard InChI is InChI=1S/C16H22N2O/c1-16(17,12-9-10-12)15(19)18-14-8-4-6-11-5-2-3-7-13(11)14/h2-3,5,7,12,14H,4,6,8-10,17H2,1H3,(H,18,19). The van der Waals surface area contributed by atoms with Crippen molar-refractivity contribution in [2.75, 3.05) is 0 Å². The third-order valence-electron chi connectivity index (χ3n) is 4.59. The quantitative estimate of drug-likeness (QED) is 0.874. The summed E-state index contributed by atoms with van der Waals surface area (Å²) in [5.74, 6) is 0.378. The van der Waals surface area contributed by atoms with Gasteiger partial charge in [0.1, 0.15) is 0 Å². The Balaban J connectivity index is 1.76. The first-order valence-corrected chi connectivity index (χ1v) is 7.26. The summed E-state index contributed by atoms with van der Waals surface area (Å²) in [6.07, 6.45) is 5.44. The predicted molar refractivity (Wildman–Crippen MR) is 75.6 cm³/mol. The summed E-state index contributed by atoms with van der Waals surface area (Å²) in [6, 6.07) is 8.55. The number of nitrogens with two attached hydrogens (primary N) is 1. The summed E-state index contributed by atoms with van der Waals surface area (Å²) in [6.45, 7) is 1.87. The molecule has 1 fully saturated rings. The minimum atomic E-state index is -0.702. The normalized spacial score (nSPS) is 25.3. The van der Waals surface area contributed by atoms with Crippen LogP contribution in [-0.4, -0.2) is 11.4 Å². The van der Waals surface area contributed by atoms with E-state index in [2.05, 4.69) is 23.5 Å². The molecule has 0 bridgehead atoms. The second-order valence-corrected chi connectivity index (χ2v) is 6.17. The maximum absolute atomic E-state index is 12.4. The summed E-state index contributed by atoms with van der Waals surface area (Å²) in [7, 11) is 0. The van der Waals surface area contributed by atoms with Crippen molar-refractivity contribution in [2.45, 2.75) is 50.6 Å². The number of aryl methyl sites for hydroxylation is 1. The average molecular weight is 258 g/mol. The zero-order valence-corrected chi connectivity index (χ0v) is 11.5. The zero-order valence-electron chi connectivity index (χ0n) is 11.5. The molecule has 0 radical (unpaired) electrons.